The van der Waals surface area contributed by atoms with Gasteiger partial charge in [0.25, 0.3) is 0 Å². The number of aliphatic hydroxyl groups is 1. The monoisotopic (exact) mass is 265 g/mol. The summed E-state index contributed by atoms with van der Waals surface area (Å²) in [7, 11) is 3.29. The fourth-order valence-electron chi connectivity index (χ4n) is 2.67. The number of aromatic nitrogens is 2. The van der Waals surface area contributed by atoms with Crippen LogP contribution in [0.25, 0.3) is 0 Å². The number of hydrogen-bond donors (Lipinski definition) is 1. The number of aliphatic hydroxyl groups excluding tert-OH is 1. The van der Waals surface area contributed by atoms with Gasteiger partial charge in [0.2, 0.25) is 5.88 Å². The molecule has 1 aromatic heterocycles. The highest BCUT2D eigenvalue weighted by Crippen LogP contribution is 2.45. The Bertz CT molecular complexity index is 498. The Hall–Kier alpha value is -1.58. The van der Waals surface area contributed by atoms with Crippen LogP contribution >= 0.6 is 0 Å². The Morgan fingerprint density at radius 2 is 2.16 bits per heavy atom. The van der Waals surface area contributed by atoms with Crippen LogP contribution in [-0.4, -0.2) is 35.2 Å². The molecule has 1 N–H and O–H groups in total. The number of ether oxygens (including phenoxy) is 2. The van der Waals surface area contributed by atoms with E-state index in [9.17, 15) is 10.4 Å². The van der Waals surface area contributed by atoms with Gasteiger partial charge < -0.3 is 14.6 Å². The van der Waals surface area contributed by atoms with E-state index in [2.05, 4.69) is 11.2 Å². The van der Waals surface area contributed by atoms with Crippen LogP contribution in [0.4, 0.5) is 0 Å². The summed E-state index contributed by atoms with van der Waals surface area (Å²) >= 11 is 0. The molecule has 1 aromatic rings. The predicted molar refractivity (Wildman–Crippen MR) is 67.6 cm³/mol. The number of rotatable bonds is 3. The fraction of sp³-hybridized carbons (Fsp3) is 0.692. The summed E-state index contributed by atoms with van der Waals surface area (Å²) in [4.78, 5) is 0. The second kappa shape index (κ2) is 5.19. The van der Waals surface area contributed by atoms with Gasteiger partial charge in [0.1, 0.15) is 6.10 Å². The van der Waals surface area contributed by atoms with Gasteiger partial charge in [0.05, 0.1) is 29.9 Å². The molecule has 0 radical (unpaired) electrons. The first-order chi connectivity index (χ1) is 9.05. The largest absolute Gasteiger partial charge is 0.481 e. The maximum atomic E-state index is 10.7. The average Bonchev–Trinajstić information content (AvgIpc) is 2.72. The minimum atomic E-state index is -0.912. The summed E-state index contributed by atoms with van der Waals surface area (Å²) in [6.07, 6.45) is 0.120. The molecule has 1 atom stereocenters. The summed E-state index contributed by atoms with van der Waals surface area (Å²) in [5.41, 5.74) is 0.473. The molecule has 1 aliphatic rings. The molecule has 6 nitrogen and oxygen atoms in total. The van der Waals surface area contributed by atoms with Crippen molar-refractivity contribution in [1.82, 2.24) is 9.78 Å². The third-order valence-electron chi connectivity index (χ3n) is 3.81. The van der Waals surface area contributed by atoms with Crippen LogP contribution in [0.15, 0.2) is 0 Å². The molecule has 1 unspecified atom stereocenters. The van der Waals surface area contributed by atoms with Crippen molar-refractivity contribution in [3.63, 3.8) is 0 Å². The van der Waals surface area contributed by atoms with Crippen LogP contribution in [0.5, 0.6) is 5.88 Å². The second-order valence-electron chi connectivity index (χ2n) is 4.91. The van der Waals surface area contributed by atoms with E-state index in [1.807, 2.05) is 6.92 Å². The van der Waals surface area contributed by atoms with Gasteiger partial charge in [-0.2, -0.15) is 10.4 Å². The molecule has 19 heavy (non-hydrogen) atoms. The number of aryl methyl sites for hydroxylation is 2. The molecule has 2 heterocycles. The first-order valence-electron chi connectivity index (χ1n) is 6.30. The zero-order chi connectivity index (χ0) is 14.0. The Kier molecular flexibility index (Phi) is 3.78. The minimum Gasteiger partial charge on any atom is -0.481 e. The molecule has 0 aliphatic carbocycles. The van der Waals surface area contributed by atoms with E-state index in [1.165, 1.54) is 7.11 Å². The van der Waals surface area contributed by atoms with Gasteiger partial charge in [-0.1, -0.05) is 0 Å². The zero-order valence-electron chi connectivity index (χ0n) is 11.5. The minimum absolute atomic E-state index is 0.492. The van der Waals surface area contributed by atoms with Crippen LogP contribution < -0.4 is 4.74 Å². The lowest BCUT2D eigenvalue weighted by Gasteiger charge is -2.34. The molecule has 6 heteroatoms. The molecule has 104 valence electrons. The molecule has 1 saturated heterocycles. The predicted octanol–water partition coefficient (Wildman–Crippen LogP) is 1.09. The molecule has 0 bridgehead atoms. The molecule has 0 saturated carbocycles. The van der Waals surface area contributed by atoms with Crippen molar-refractivity contribution >= 4 is 0 Å². The number of methoxy groups -OCH3 is 1. The quantitative estimate of drug-likeness (QED) is 0.885. The second-order valence-corrected chi connectivity index (χ2v) is 4.91. The SMILES string of the molecule is COc1c(C(O)C2(C#N)CCOCC2)c(C)nn1C. The third kappa shape index (κ3) is 2.20. The van der Waals surface area contributed by atoms with Gasteiger partial charge >= 0.3 is 0 Å². The maximum absolute atomic E-state index is 10.7. The van der Waals surface area contributed by atoms with E-state index in [0.29, 0.717) is 43.2 Å². The van der Waals surface area contributed by atoms with Crippen LogP contribution in [-0.2, 0) is 11.8 Å². The lowest BCUT2D eigenvalue weighted by Crippen LogP contribution is -2.34. The Morgan fingerprint density at radius 3 is 2.68 bits per heavy atom. The summed E-state index contributed by atoms with van der Waals surface area (Å²) < 4.78 is 12.2. The molecular formula is C13H19N3O3. The highest BCUT2D eigenvalue weighted by molar-refractivity contribution is 5.36. The topological polar surface area (TPSA) is 80.3 Å². The first kappa shape index (κ1) is 13.8. The summed E-state index contributed by atoms with van der Waals surface area (Å²) in [6.45, 7) is 2.80. The number of hydrogen-bond acceptors (Lipinski definition) is 5. The van der Waals surface area contributed by atoms with Crippen molar-refractivity contribution in [2.24, 2.45) is 12.5 Å². The Labute approximate surface area is 112 Å². The smallest absolute Gasteiger partial charge is 0.217 e. The van der Waals surface area contributed by atoms with Crippen LogP contribution in [0, 0.1) is 23.7 Å². The number of nitriles is 1. The molecule has 0 aromatic carbocycles. The molecule has 0 spiro atoms. The van der Waals surface area contributed by atoms with E-state index in [0.717, 1.165) is 0 Å². The van der Waals surface area contributed by atoms with Gasteiger partial charge in [-0.15, -0.1) is 0 Å². The molecule has 1 aliphatic heterocycles. The van der Waals surface area contributed by atoms with Crippen molar-refractivity contribution in [3.05, 3.63) is 11.3 Å². The lowest BCUT2D eigenvalue weighted by molar-refractivity contribution is -0.0320. The van der Waals surface area contributed by atoms with Gasteiger partial charge in [-0.25, -0.2) is 4.68 Å². The first-order valence-corrected chi connectivity index (χ1v) is 6.30. The standard InChI is InChI=1S/C13H19N3O3/c1-9-10(12(18-3)16(2)15-9)11(17)13(8-14)4-6-19-7-5-13/h11,17H,4-7H2,1-3H3. The van der Waals surface area contributed by atoms with E-state index in [-0.39, 0.29) is 0 Å². The summed E-state index contributed by atoms with van der Waals surface area (Å²) in [6, 6.07) is 2.28. The van der Waals surface area contributed by atoms with Crippen LogP contribution in [0.2, 0.25) is 0 Å². The Morgan fingerprint density at radius 1 is 1.53 bits per heavy atom. The van der Waals surface area contributed by atoms with E-state index < -0.39 is 11.5 Å². The highest BCUT2D eigenvalue weighted by atomic mass is 16.5. The Balaban J connectivity index is 2.43. The molecule has 0 amide bonds. The summed E-state index contributed by atoms with van der Waals surface area (Å²) in [5, 5.41) is 24.4. The number of nitrogens with zero attached hydrogens (tertiary/aromatic N) is 3. The van der Waals surface area contributed by atoms with E-state index in [4.69, 9.17) is 9.47 Å². The van der Waals surface area contributed by atoms with E-state index in [1.54, 1.807) is 11.7 Å². The lowest BCUT2D eigenvalue weighted by atomic mass is 9.74. The fourth-order valence-corrected chi connectivity index (χ4v) is 2.67. The zero-order valence-corrected chi connectivity index (χ0v) is 11.5. The van der Waals surface area contributed by atoms with E-state index >= 15 is 0 Å². The highest BCUT2D eigenvalue weighted by Gasteiger charge is 2.43. The van der Waals surface area contributed by atoms with Crippen molar-refractivity contribution in [3.8, 4) is 11.9 Å². The van der Waals surface area contributed by atoms with Gasteiger partial charge in [-0.05, 0) is 19.8 Å². The van der Waals surface area contributed by atoms with Gasteiger partial charge in [-0.3, -0.25) is 0 Å². The van der Waals surface area contributed by atoms with Crippen LogP contribution in [0.1, 0.15) is 30.2 Å². The van der Waals surface area contributed by atoms with Gasteiger partial charge in [0, 0.05) is 20.3 Å². The normalized spacial score (nSPS) is 19.7. The average molecular weight is 265 g/mol. The molecular weight excluding hydrogens is 246 g/mol. The van der Waals surface area contributed by atoms with Crippen molar-refractivity contribution in [2.45, 2.75) is 25.9 Å². The third-order valence-corrected chi connectivity index (χ3v) is 3.81. The molecule has 1 fully saturated rings. The maximum Gasteiger partial charge on any atom is 0.217 e. The van der Waals surface area contributed by atoms with Crippen molar-refractivity contribution < 1.29 is 14.6 Å². The molecule has 2 rings (SSSR count). The summed E-state index contributed by atoms with van der Waals surface area (Å²) in [5.74, 6) is 0.506. The van der Waals surface area contributed by atoms with Crippen molar-refractivity contribution in [1.29, 1.82) is 5.26 Å². The van der Waals surface area contributed by atoms with Crippen LogP contribution in [0.3, 0.4) is 0 Å². The van der Waals surface area contributed by atoms with Gasteiger partial charge in [0.15, 0.2) is 0 Å². The van der Waals surface area contributed by atoms with Crippen molar-refractivity contribution in [2.75, 3.05) is 20.3 Å².